The number of fused-ring (bicyclic) bond motifs is 1. The second-order valence-electron chi connectivity index (χ2n) is 5.49. The van der Waals surface area contributed by atoms with E-state index in [0.717, 1.165) is 12.1 Å². The van der Waals surface area contributed by atoms with Gasteiger partial charge in [0.05, 0.1) is 27.4 Å². The van der Waals surface area contributed by atoms with Crippen molar-refractivity contribution in [2.24, 2.45) is 0 Å². The third-order valence-corrected chi connectivity index (χ3v) is 4.17. The van der Waals surface area contributed by atoms with Gasteiger partial charge in [0.15, 0.2) is 0 Å². The van der Waals surface area contributed by atoms with Crippen LogP contribution in [0.4, 0.5) is 13.2 Å². The Kier molecular flexibility index (Phi) is 4.16. The van der Waals surface area contributed by atoms with Gasteiger partial charge in [-0.25, -0.2) is 9.78 Å². The molecule has 0 aliphatic heterocycles. The zero-order valence-corrected chi connectivity index (χ0v) is 13.6. The van der Waals surface area contributed by atoms with E-state index in [9.17, 15) is 23.1 Å². The van der Waals surface area contributed by atoms with Crippen molar-refractivity contribution in [2.75, 3.05) is 0 Å². The molecule has 1 N–H and O–H groups in total. The largest absolute Gasteiger partial charge is 0.478 e. The molecule has 3 nitrogen and oxygen atoms in total. The maximum atomic E-state index is 13.3. The third-order valence-electron chi connectivity index (χ3n) is 3.85. The first-order chi connectivity index (χ1) is 11.7. The highest BCUT2D eigenvalue weighted by atomic mass is 35.5. The lowest BCUT2D eigenvalue weighted by molar-refractivity contribution is -0.137. The van der Waals surface area contributed by atoms with E-state index in [2.05, 4.69) is 4.98 Å². The molecule has 0 atom stereocenters. The number of rotatable bonds is 2. The molecule has 7 heteroatoms. The van der Waals surface area contributed by atoms with Crippen LogP contribution in [0.25, 0.3) is 22.2 Å². The average molecular weight is 366 g/mol. The summed E-state index contributed by atoms with van der Waals surface area (Å²) in [6.07, 6.45) is -4.58. The van der Waals surface area contributed by atoms with Crippen LogP contribution in [0.3, 0.4) is 0 Å². The van der Waals surface area contributed by atoms with E-state index >= 15 is 0 Å². The third kappa shape index (κ3) is 3.05. The summed E-state index contributed by atoms with van der Waals surface area (Å²) in [7, 11) is 0. The van der Waals surface area contributed by atoms with Gasteiger partial charge in [-0.05, 0) is 30.7 Å². The quantitative estimate of drug-likeness (QED) is 0.645. The molecular formula is C18H11ClF3NO2. The summed E-state index contributed by atoms with van der Waals surface area (Å²) >= 11 is 6.10. The Morgan fingerprint density at radius 3 is 2.48 bits per heavy atom. The van der Waals surface area contributed by atoms with Crippen molar-refractivity contribution in [3.63, 3.8) is 0 Å². The summed E-state index contributed by atoms with van der Waals surface area (Å²) in [6, 6.07) is 9.23. The summed E-state index contributed by atoms with van der Waals surface area (Å²) in [4.78, 5) is 15.9. The SMILES string of the molecule is Cc1ccc(Cl)c2c(C(=O)O)cc(-c3ccccc3C(F)(F)F)nc12. The van der Waals surface area contributed by atoms with Gasteiger partial charge in [-0.15, -0.1) is 0 Å². The molecule has 2 aromatic carbocycles. The van der Waals surface area contributed by atoms with Gasteiger partial charge in [-0.2, -0.15) is 13.2 Å². The summed E-state index contributed by atoms with van der Waals surface area (Å²) in [5, 5.41) is 9.88. The molecular weight excluding hydrogens is 355 g/mol. The molecule has 1 aromatic heterocycles. The van der Waals surface area contributed by atoms with Gasteiger partial charge in [0.1, 0.15) is 0 Å². The van der Waals surface area contributed by atoms with Crippen molar-refractivity contribution in [1.29, 1.82) is 0 Å². The second-order valence-corrected chi connectivity index (χ2v) is 5.90. The van der Waals surface area contributed by atoms with Crippen LogP contribution in [0, 0.1) is 6.92 Å². The molecule has 1 heterocycles. The Labute approximate surface area is 145 Å². The Morgan fingerprint density at radius 2 is 1.84 bits per heavy atom. The fourth-order valence-electron chi connectivity index (χ4n) is 2.69. The Balaban J connectivity index is 2.41. The second kappa shape index (κ2) is 6.04. The van der Waals surface area contributed by atoms with Crippen LogP contribution in [0.1, 0.15) is 21.5 Å². The minimum atomic E-state index is -4.58. The maximum absolute atomic E-state index is 13.3. The van der Waals surface area contributed by atoms with Crippen LogP contribution in [0.15, 0.2) is 42.5 Å². The lowest BCUT2D eigenvalue weighted by Crippen LogP contribution is -2.08. The van der Waals surface area contributed by atoms with Crippen molar-refractivity contribution in [3.8, 4) is 11.3 Å². The fourth-order valence-corrected chi connectivity index (χ4v) is 2.95. The van der Waals surface area contributed by atoms with E-state index in [1.807, 2.05) is 0 Å². The topological polar surface area (TPSA) is 50.2 Å². The predicted octanol–water partition coefficient (Wildman–Crippen LogP) is 5.58. The summed E-state index contributed by atoms with van der Waals surface area (Å²) < 4.78 is 39.9. The Bertz CT molecular complexity index is 1000. The van der Waals surface area contributed by atoms with E-state index in [-0.39, 0.29) is 32.7 Å². The molecule has 0 saturated heterocycles. The summed E-state index contributed by atoms with van der Waals surface area (Å²) in [5.41, 5.74) is -0.432. The monoisotopic (exact) mass is 365 g/mol. The highest BCUT2D eigenvalue weighted by molar-refractivity contribution is 6.36. The number of aromatic nitrogens is 1. The van der Waals surface area contributed by atoms with Gasteiger partial charge < -0.3 is 5.11 Å². The van der Waals surface area contributed by atoms with Crippen molar-refractivity contribution in [1.82, 2.24) is 4.98 Å². The van der Waals surface area contributed by atoms with E-state index in [4.69, 9.17) is 11.6 Å². The minimum Gasteiger partial charge on any atom is -0.478 e. The van der Waals surface area contributed by atoms with Gasteiger partial charge in [0.2, 0.25) is 0 Å². The minimum absolute atomic E-state index is 0.0665. The average Bonchev–Trinajstić information content (AvgIpc) is 2.56. The molecule has 3 rings (SSSR count). The van der Waals surface area contributed by atoms with Crippen molar-refractivity contribution in [3.05, 3.63) is 64.2 Å². The van der Waals surface area contributed by atoms with E-state index in [1.54, 1.807) is 13.0 Å². The molecule has 0 spiro atoms. The predicted molar refractivity (Wildman–Crippen MR) is 88.9 cm³/mol. The number of carboxylic acid groups (broad SMARTS) is 1. The van der Waals surface area contributed by atoms with Crippen LogP contribution in [-0.4, -0.2) is 16.1 Å². The number of hydrogen-bond acceptors (Lipinski definition) is 2. The van der Waals surface area contributed by atoms with Gasteiger partial charge in [0.25, 0.3) is 0 Å². The molecule has 0 radical (unpaired) electrons. The van der Waals surface area contributed by atoms with Gasteiger partial charge in [0, 0.05) is 10.9 Å². The number of aromatic carboxylic acids is 1. The molecule has 3 aromatic rings. The first-order valence-electron chi connectivity index (χ1n) is 7.20. The van der Waals surface area contributed by atoms with Crippen LogP contribution in [-0.2, 0) is 6.18 Å². The number of benzene rings is 2. The lowest BCUT2D eigenvalue weighted by Gasteiger charge is -2.14. The number of pyridine rings is 1. The van der Waals surface area contributed by atoms with Gasteiger partial charge in [-0.1, -0.05) is 35.9 Å². The number of hydrogen-bond donors (Lipinski definition) is 1. The smallest absolute Gasteiger partial charge is 0.417 e. The highest BCUT2D eigenvalue weighted by Crippen LogP contribution is 2.38. The Hall–Kier alpha value is -2.60. The fraction of sp³-hybridized carbons (Fsp3) is 0.111. The van der Waals surface area contributed by atoms with Gasteiger partial charge in [-0.3, -0.25) is 0 Å². The zero-order valence-electron chi connectivity index (χ0n) is 12.9. The molecule has 0 saturated carbocycles. The molecule has 0 aliphatic rings. The van der Waals surface area contributed by atoms with Crippen LogP contribution >= 0.6 is 11.6 Å². The van der Waals surface area contributed by atoms with E-state index in [0.29, 0.717) is 5.56 Å². The highest BCUT2D eigenvalue weighted by Gasteiger charge is 2.34. The summed E-state index contributed by atoms with van der Waals surface area (Å²) in [5.74, 6) is -1.29. The molecule has 128 valence electrons. The molecule has 0 fully saturated rings. The van der Waals surface area contributed by atoms with Crippen molar-refractivity contribution < 1.29 is 23.1 Å². The molecule has 0 amide bonds. The van der Waals surface area contributed by atoms with Crippen LogP contribution in [0.2, 0.25) is 5.02 Å². The lowest BCUT2D eigenvalue weighted by atomic mass is 9.99. The molecule has 0 aliphatic carbocycles. The van der Waals surface area contributed by atoms with E-state index < -0.39 is 17.7 Å². The zero-order chi connectivity index (χ0) is 18.4. The first-order valence-corrected chi connectivity index (χ1v) is 7.57. The standard InChI is InChI=1S/C18H11ClF3NO2/c1-9-6-7-13(19)15-11(17(24)25)8-14(23-16(9)15)10-4-2-3-5-12(10)18(20,21)22/h2-8H,1H3,(H,24,25). The summed E-state index contributed by atoms with van der Waals surface area (Å²) in [6.45, 7) is 1.69. The molecule has 0 unspecified atom stereocenters. The van der Waals surface area contributed by atoms with E-state index in [1.165, 1.54) is 24.3 Å². The number of nitrogens with zero attached hydrogens (tertiary/aromatic N) is 1. The number of halogens is 4. The first kappa shape index (κ1) is 17.2. The Morgan fingerprint density at radius 1 is 1.16 bits per heavy atom. The number of alkyl halides is 3. The van der Waals surface area contributed by atoms with Crippen LogP contribution < -0.4 is 0 Å². The number of carboxylic acids is 1. The van der Waals surface area contributed by atoms with Crippen molar-refractivity contribution >= 4 is 28.5 Å². The normalized spacial score (nSPS) is 11.7. The van der Waals surface area contributed by atoms with Crippen molar-refractivity contribution in [2.45, 2.75) is 13.1 Å². The maximum Gasteiger partial charge on any atom is 0.417 e. The van der Waals surface area contributed by atoms with Gasteiger partial charge >= 0.3 is 12.1 Å². The van der Waals surface area contributed by atoms with Crippen LogP contribution in [0.5, 0.6) is 0 Å². The molecule has 25 heavy (non-hydrogen) atoms. The number of carbonyl (C=O) groups is 1. The number of aryl methyl sites for hydroxylation is 1. The molecule has 0 bridgehead atoms.